The van der Waals surface area contributed by atoms with E-state index in [-0.39, 0.29) is 4.83 Å². The lowest BCUT2D eigenvalue weighted by Gasteiger charge is -2.10. The molecule has 4 heteroatoms. The number of thiophene rings is 1. The number of hydrogen-bond acceptors (Lipinski definition) is 1. The smallest absolute Gasteiger partial charge is 0.130 e. The first kappa shape index (κ1) is 11.7. The van der Waals surface area contributed by atoms with Gasteiger partial charge in [-0.25, -0.2) is 8.78 Å². The molecule has 1 unspecified atom stereocenters. The molecule has 84 valence electrons. The molecule has 2 aromatic rings. The fourth-order valence-corrected chi connectivity index (χ4v) is 3.01. The maximum absolute atomic E-state index is 13.6. The zero-order valence-electron chi connectivity index (χ0n) is 8.51. The van der Waals surface area contributed by atoms with Crippen molar-refractivity contribution in [3.8, 4) is 0 Å². The Kier molecular flexibility index (Phi) is 3.40. The standard InChI is InChI=1S/C12H9BrF2S/c1-7-5-8(10(15)6-9(7)14)12(13)11-3-2-4-16-11/h2-6,12H,1H3. The highest BCUT2D eigenvalue weighted by Crippen LogP contribution is 2.35. The molecule has 0 spiro atoms. The van der Waals surface area contributed by atoms with Crippen molar-refractivity contribution in [2.75, 3.05) is 0 Å². The third-order valence-electron chi connectivity index (χ3n) is 2.34. The van der Waals surface area contributed by atoms with E-state index in [2.05, 4.69) is 15.9 Å². The zero-order valence-corrected chi connectivity index (χ0v) is 10.9. The van der Waals surface area contributed by atoms with Crippen LogP contribution in [0.25, 0.3) is 0 Å². The third kappa shape index (κ3) is 2.18. The van der Waals surface area contributed by atoms with Gasteiger partial charge in [-0.15, -0.1) is 11.3 Å². The van der Waals surface area contributed by atoms with E-state index in [0.29, 0.717) is 11.1 Å². The van der Waals surface area contributed by atoms with Crippen molar-refractivity contribution in [2.24, 2.45) is 0 Å². The fourth-order valence-electron chi connectivity index (χ4n) is 1.46. The second kappa shape index (κ2) is 4.63. The van der Waals surface area contributed by atoms with Crippen LogP contribution in [0.2, 0.25) is 0 Å². The van der Waals surface area contributed by atoms with Crippen LogP contribution in [0, 0.1) is 18.6 Å². The summed E-state index contributed by atoms with van der Waals surface area (Å²) in [5, 5.41) is 1.93. The monoisotopic (exact) mass is 302 g/mol. The first-order valence-corrected chi connectivity index (χ1v) is 6.52. The molecular formula is C12H9BrF2S. The van der Waals surface area contributed by atoms with Gasteiger partial charge in [-0.3, -0.25) is 0 Å². The number of benzene rings is 1. The van der Waals surface area contributed by atoms with Crippen LogP contribution in [0.15, 0.2) is 29.6 Å². The van der Waals surface area contributed by atoms with Crippen LogP contribution in [0.5, 0.6) is 0 Å². The summed E-state index contributed by atoms with van der Waals surface area (Å²) in [5.74, 6) is -1.02. The van der Waals surface area contributed by atoms with E-state index in [9.17, 15) is 8.78 Å². The van der Waals surface area contributed by atoms with Gasteiger partial charge in [0.05, 0.1) is 4.83 Å². The molecule has 1 aromatic heterocycles. The Bertz CT molecular complexity index is 494. The van der Waals surface area contributed by atoms with Gasteiger partial charge in [-0.2, -0.15) is 0 Å². The predicted octanol–water partition coefficient (Wildman–Crippen LogP) is 4.82. The van der Waals surface area contributed by atoms with Gasteiger partial charge >= 0.3 is 0 Å². The number of aryl methyl sites for hydroxylation is 1. The van der Waals surface area contributed by atoms with Gasteiger partial charge in [0.25, 0.3) is 0 Å². The molecule has 1 atom stereocenters. The lowest BCUT2D eigenvalue weighted by molar-refractivity contribution is 0.569. The summed E-state index contributed by atoms with van der Waals surface area (Å²) >= 11 is 4.97. The Morgan fingerprint density at radius 3 is 2.62 bits per heavy atom. The van der Waals surface area contributed by atoms with Crippen molar-refractivity contribution in [3.63, 3.8) is 0 Å². The van der Waals surface area contributed by atoms with E-state index in [0.717, 1.165) is 10.9 Å². The Hall–Kier alpha value is -0.740. The van der Waals surface area contributed by atoms with E-state index < -0.39 is 11.6 Å². The minimum Gasteiger partial charge on any atom is -0.207 e. The minimum atomic E-state index is -0.515. The average Bonchev–Trinajstić information content (AvgIpc) is 2.75. The summed E-state index contributed by atoms with van der Waals surface area (Å²) in [5.41, 5.74) is 0.929. The molecule has 0 saturated carbocycles. The Labute approximate surface area is 105 Å². The summed E-state index contributed by atoms with van der Waals surface area (Å²) in [6, 6.07) is 6.31. The molecule has 0 aliphatic rings. The van der Waals surface area contributed by atoms with Crippen LogP contribution in [0.3, 0.4) is 0 Å². The second-order valence-electron chi connectivity index (χ2n) is 3.50. The van der Waals surface area contributed by atoms with Gasteiger partial charge in [-0.05, 0) is 30.0 Å². The van der Waals surface area contributed by atoms with E-state index in [1.54, 1.807) is 13.0 Å². The molecule has 0 saturated heterocycles. The molecule has 0 fully saturated rings. The van der Waals surface area contributed by atoms with E-state index >= 15 is 0 Å². The summed E-state index contributed by atoms with van der Waals surface area (Å²) in [6.07, 6.45) is 0. The summed E-state index contributed by atoms with van der Waals surface area (Å²) in [6.45, 7) is 1.63. The Morgan fingerprint density at radius 2 is 2.00 bits per heavy atom. The maximum Gasteiger partial charge on any atom is 0.130 e. The van der Waals surface area contributed by atoms with Crippen LogP contribution >= 0.6 is 27.3 Å². The van der Waals surface area contributed by atoms with Crippen molar-refractivity contribution >= 4 is 27.3 Å². The van der Waals surface area contributed by atoms with Crippen molar-refractivity contribution in [1.29, 1.82) is 0 Å². The average molecular weight is 303 g/mol. The summed E-state index contributed by atoms with van der Waals surface area (Å²) in [7, 11) is 0. The Morgan fingerprint density at radius 1 is 1.25 bits per heavy atom. The molecule has 1 aromatic carbocycles. The molecule has 0 aliphatic carbocycles. The topological polar surface area (TPSA) is 0 Å². The predicted molar refractivity (Wildman–Crippen MR) is 66.2 cm³/mol. The largest absolute Gasteiger partial charge is 0.207 e. The van der Waals surface area contributed by atoms with Crippen molar-refractivity contribution in [1.82, 2.24) is 0 Å². The summed E-state index contributed by atoms with van der Waals surface area (Å²) < 4.78 is 26.7. The normalized spacial score (nSPS) is 12.8. The third-order valence-corrected chi connectivity index (χ3v) is 4.57. The first-order chi connectivity index (χ1) is 7.59. The molecule has 0 radical (unpaired) electrons. The first-order valence-electron chi connectivity index (χ1n) is 4.72. The highest BCUT2D eigenvalue weighted by atomic mass is 79.9. The second-order valence-corrected chi connectivity index (χ2v) is 5.40. The quantitative estimate of drug-likeness (QED) is 0.698. The maximum atomic E-state index is 13.6. The van der Waals surface area contributed by atoms with Gasteiger partial charge in [0.2, 0.25) is 0 Å². The highest BCUT2D eigenvalue weighted by Gasteiger charge is 2.17. The molecule has 0 amide bonds. The van der Waals surface area contributed by atoms with Crippen molar-refractivity contribution in [2.45, 2.75) is 11.8 Å². The summed E-state index contributed by atoms with van der Waals surface area (Å²) in [4.78, 5) is 0.789. The van der Waals surface area contributed by atoms with E-state index in [1.807, 2.05) is 17.5 Å². The van der Waals surface area contributed by atoms with Crippen molar-refractivity contribution in [3.05, 3.63) is 57.3 Å². The van der Waals surface area contributed by atoms with Gasteiger partial charge in [-0.1, -0.05) is 22.0 Å². The number of alkyl halides is 1. The fraction of sp³-hybridized carbons (Fsp3) is 0.167. The molecule has 0 aliphatic heterocycles. The van der Waals surface area contributed by atoms with Crippen LogP contribution in [0.1, 0.15) is 20.8 Å². The van der Waals surface area contributed by atoms with Crippen LogP contribution in [-0.2, 0) is 0 Å². The SMILES string of the molecule is Cc1cc(C(Br)c2cccs2)c(F)cc1F. The van der Waals surface area contributed by atoms with E-state index in [4.69, 9.17) is 0 Å². The molecule has 0 bridgehead atoms. The highest BCUT2D eigenvalue weighted by molar-refractivity contribution is 9.09. The van der Waals surface area contributed by atoms with Crippen LogP contribution in [-0.4, -0.2) is 0 Å². The molecule has 1 heterocycles. The number of rotatable bonds is 2. The molecule has 2 rings (SSSR count). The van der Waals surface area contributed by atoms with Crippen molar-refractivity contribution < 1.29 is 8.78 Å². The number of hydrogen-bond donors (Lipinski definition) is 0. The Balaban J connectivity index is 2.44. The van der Waals surface area contributed by atoms with E-state index in [1.165, 1.54) is 11.3 Å². The van der Waals surface area contributed by atoms with Crippen LogP contribution < -0.4 is 0 Å². The lowest BCUT2D eigenvalue weighted by atomic mass is 10.1. The van der Waals surface area contributed by atoms with Gasteiger partial charge in [0, 0.05) is 16.5 Å². The minimum absolute atomic E-state index is 0.216. The molecular weight excluding hydrogens is 294 g/mol. The van der Waals surface area contributed by atoms with Gasteiger partial charge in [0.1, 0.15) is 11.6 Å². The molecule has 0 nitrogen and oxygen atoms in total. The lowest BCUT2D eigenvalue weighted by Crippen LogP contribution is -1.97. The van der Waals surface area contributed by atoms with Gasteiger partial charge in [0.15, 0.2) is 0 Å². The van der Waals surface area contributed by atoms with Crippen LogP contribution in [0.4, 0.5) is 8.78 Å². The zero-order chi connectivity index (χ0) is 11.7. The van der Waals surface area contributed by atoms with Gasteiger partial charge < -0.3 is 0 Å². The number of halogens is 3. The molecule has 0 N–H and O–H groups in total. The molecule has 16 heavy (non-hydrogen) atoms.